The molecule has 0 saturated carbocycles. The maximum Gasteiger partial charge on any atom is 0.246 e. The Bertz CT molecular complexity index is 569. The number of carbonyl (C=O) groups is 3. The van der Waals surface area contributed by atoms with Gasteiger partial charge in [-0.3, -0.25) is 19.3 Å². The third-order valence-corrected chi connectivity index (χ3v) is 3.80. The van der Waals surface area contributed by atoms with Crippen molar-refractivity contribution < 1.29 is 18.8 Å². The molecule has 0 aliphatic carbocycles. The fourth-order valence-electron chi connectivity index (χ4n) is 2.59. The van der Waals surface area contributed by atoms with Crippen LogP contribution in [0, 0.1) is 5.92 Å². The molecule has 3 rings (SSSR count). The second-order valence-electron chi connectivity index (χ2n) is 5.36. The summed E-state index contributed by atoms with van der Waals surface area (Å²) in [7, 11) is 0. The third-order valence-electron chi connectivity index (χ3n) is 3.80. The van der Waals surface area contributed by atoms with Gasteiger partial charge >= 0.3 is 0 Å². The second kappa shape index (κ2) is 5.55. The van der Waals surface area contributed by atoms with E-state index in [2.05, 4.69) is 0 Å². The summed E-state index contributed by atoms with van der Waals surface area (Å²) >= 11 is 0. The zero-order chi connectivity index (χ0) is 14.8. The van der Waals surface area contributed by atoms with E-state index >= 15 is 0 Å². The first-order chi connectivity index (χ1) is 10.1. The summed E-state index contributed by atoms with van der Waals surface area (Å²) in [5.41, 5.74) is 0. The van der Waals surface area contributed by atoms with Crippen LogP contribution in [0.15, 0.2) is 28.9 Å². The molecule has 0 atom stereocenters. The number of amides is 3. The van der Waals surface area contributed by atoms with E-state index in [1.807, 2.05) is 0 Å². The van der Waals surface area contributed by atoms with Crippen molar-refractivity contribution in [3.05, 3.63) is 30.2 Å². The Kier molecular flexibility index (Phi) is 3.60. The number of hydrogen-bond donors (Lipinski definition) is 0. The van der Waals surface area contributed by atoms with Crippen molar-refractivity contribution in [2.75, 3.05) is 19.6 Å². The molecule has 0 radical (unpaired) electrons. The summed E-state index contributed by atoms with van der Waals surface area (Å²) in [5.74, 6) is 0.553. The summed E-state index contributed by atoms with van der Waals surface area (Å²) in [5, 5.41) is 0. The fraction of sp³-hybridized carbons (Fsp3) is 0.400. The van der Waals surface area contributed by atoms with Gasteiger partial charge in [0.1, 0.15) is 5.76 Å². The molecule has 2 fully saturated rings. The predicted octanol–water partition coefficient (Wildman–Crippen LogP) is 0.900. The molecule has 3 heterocycles. The van der Waals surface area contributed by atoms with E-state index in [1.165, 1.54) is 11.0 Å². The highest BCUT2D eigenvalue weighted by atomic mass is 16.3. The molecule has 21 heavy (non-hydrogen) atoms. The minimum Gasteiger partial charge on any atom is -0.465 e. The lowest BCUT2D eigenvalue weighted by atomic mass is 9.99. The van der Waals surface area contributed by atoms with Gasteiger partial charge in [0.05, 0.1) is 6.26 Å². The summed E-state index contributed by atoms with van der Waals surface area (Å²) in [6.45, 7) is 1.60. The largest absolute Gasteiger partial charge is 0.465 e. The van der Waals surface area contributed by atoms with Crippen molar-refractivity contribution in [3.63, 3.8) is 0 Å². The third kappa shape index (κ3) is 2.89. The van der Waals surface area contributed by atoms with Crippen LogP contribution in [0.25, 0.3) is 6.08 Å². The smallest absolute Gasteiger partial charge is 0.246 e. The summed E-state index contributed by atoms with van der Waals surface area (Å²) in [6.07, 6.45) is 5.29. The van der Waals surface area contributed by atoms with Crippen LogP contribution >= 0.6 is 0 Å². The van der Waals surface area contributed by atoms with Gasteiger partial charge in [0.15, 0.2) is 0 Å². The van der Waals surface area contributed by atoms with Gasteiger partial charge in [0, 0.05) is 44.5 Å². The van der Waals surface area contributed by atoms with Crippen LogP contribution < -0.4 is 0 Å². The molecule has 0 spiro atoms. The van der Waals surface area contributed by atoms with Gasteiger partial charge in [0.25, 0.3) is 0 Å². The first-order valence-corrected chi connectivity index (χ1v) is 6.97. The molecule has 0 unspecified atom stereocenters. The maximum absolute atomic E-state index is 11.9. The average molecular weight is 288 g/mol. The molecule has 0 N–H and O–H groups in total. The Hall–Kier alpha value is -2.37. The highest BCUT2D eigenvalue weighted by molar-refractivity contribution is 6.02. The minimum atomic E-state index is -0.0949. The standard InChI is InChI=1S/C15H16N2O4/c18-13(4-3-12-2-1-7-21-12)16-8-11(9-16)10-17-14(19)5-6-15(17)20/h1-4,7,11H,5-6,8-10H2. The zero-order valence-electron chi connectivity index (χ0n) is 11.5. The van der Waals surface area contributed by atoms with E-state index in [4.69, 9.17) is 4.42 Å². The zero-order valence-corrected chi connectivity index (χ0v) is 11.5. The Labute approximate surface area is 122 Å². The molecule has 2 saturated heterocycles. The van der Waals surface area contributed by atoms with E-state index in [1.54, 1.807) is 29.4 Å². The van der Waals surface area contributed by atoms with Crippen molar-refractivity contribution in [1.29, 1.82) is 0 Å². The molecule has 0 bridgehead atoms. The van der Waals surface area contributed by atoms with Crippen LogP contribution in [0.2, 0.25) is 0 Å². The Morgan fingerprint density at radius 2 is 2.00 bits per heavy atom. The van der Waals surface area contributed by atoms with Crippen LogP contribution in [0.5, 0.6) is 0 Å². The number of likely N-dealkylation sites (tertiary alicyclic amines) is 2. The van der Waals surface area contributed by atoms with E-state index < -0.39 is 0 Å². The van der Waals surface area contributed by atoms with E-state index in [0.717, 1.165) is 0 Å². The van der Waals surface area contributed by atoms with Crippen LogP contribution in [0.4, 0.5) is 0 Å². The van der Waals surface area contributed by atoms with Gasteiger partial charge in [-0.15, -0.1) is 0 Å². The fourth-order valence-corrected chi connectivity index (χ4v) is 2.59. The number of carbonyl (C=O) groups excluding carboxylic acids is 3. The second-order valence-corrected chi connectivity index (χ2v) is 5.36. The minimum absolute atomic E-state index is 0.0817. The van der Waals surface area contributed by atoms with E-state index in [9.17, 15) is 14.4 Å². The quantitative estimate of drug-likeness (QED) is 0.609. The number of nitrogens with zero attached hydrogens (tertiary/aromatic N) is 2. The van der Waals surface area contributed by atoms with Crippen molar-refractivity contribution in [2.24, 2.45) is 5.92 Å². The number of furan rings is 1. The van der Waals surface area contributed by atoms with Crippen molar-refractivity contribution in [3.8, 4) is 0 Å². The van der Waals surface area contributed by atoms with Crippen LogP contribution in [-0.4, -0.2) is 47.2 Å². The van der Waals surface area contributed by atoms with Gasteiger partial charge in [-0.25, -0.2) is 0 Å². The Morgan fingerprint density at radius 1 is 1.29 bits per heavy atom. The molecule has 6 nitrogen and oxygen atoms in total. The Balaban J connectivity index is 1.46. The molecular formula is C15H16N2O4. The normalized spacial score (nSPS) is 19.6. The topological polar surface area (TPSA) is 70.8 Å². The molecule has 0 aromatic carbocycles. The monoisotopic (exact) mass is 288 g/mol. The lowest BCUT2D eigenvalue weighted by Crippen LogP contribution is -2.54. The molecule has 1 aromatic heterocycles. The molecule has 6 heteroatoms. The first kappa shape index (κ1) is 13.6. The summed E-state index contributed by atoms with van der Waals surface area (Å²) in [4.78, 5) is 37.9. The van der Waals surface area contributed by atoms with Crippen molar-refractivity contribution in [2.45, 2.75) is 12.8 Å². The summed E-state index contributed by atoms with van der Waals surface area (Å²) < 4.78 is 5.11. The Morgan fingerprint density at radius 3 is 2.62 bits per heavy atom. The van der Waals surface area contributed by atoms with Crippen molar-refractivity contribution in [1.82, 2.24) is 9.80 Å². The molecule has 2 aliphatic heterocycles. The number of imide groups is 1. The number of hydrogen-bond acceptors (Lipinski definition) is 4. The van der Waals surface area contributed by atoms with Crippen LogP contribution in [0.3, 0.4) is 0 Å². The maximum atomic E-state index is 11.9. The summed E-state index contributed by atoms with van der Waals surface area (Å²) in [6, 6.07) is 3.53. The first-order valence-electron chi connectivity index (χ1n) is 6.97. The molecule has 1 aromatic rings. The van der Waals surface area contributed by atoms with Crippen LogP contribution in [-0.2, 0) is 14.4 Å². The lowest BCUT2D eigenvalue weighted by Gasteiger charge is -2.40. The van der Waals surface area contributed by atoms with Gasteiger partial charge in [-0.05, 0) is 18.2 Å². The number of rotatable bonds is 4. The highest BCUT2D eigenvalue weighted by Crippen LogP contribution is 2.21. The van der Waals surface area contributed by atoms with Gasteiger partial charge in [0.2, 0.25) is 17.7 Å². The van der Waals surface area contributed by atoms with Crippen LogP contribution in [0.1, 0.15) is 18.6 Å². The predicted molar refractivity (Wildman–Crippen MR) is 73.8 cm³/mol. The SMILES string of the molecule is O=C(C=Cc1ccco1)N1CC(CN2C(=O)CCC2=O)C1. The molecule has 110 valence electrons. The van der Waals surface area contributed by atoms with Gasteiger partial charge in [-0.1, -0.05) is 0 Å². The highest BCUT2D eigenvalue weighted by Gasteiger charge is 2.36. The van der Waals surface area contributed by atoms with Crippen molar-refractivity contribution >= 4 is 23.8 Å². The van der Waals surface area contributed by atoms with E-state index in [-0.39, 0.29) is 23.6 Å². The molecule has 2 aliphatic rings. The van der Waals surface area contributed by atoms with Gasteiger partial charge < -0.3 is 9.32 Å². The molecule has 3 amide bonds. The lowest BCUT2D eigenvalue weighted by molar-refractivity contribution is -0.141. The molecular weight excluding hydrogens is 272 g/mol. The average Bonchev–Trinajstić information content (AvgIpc) is 3.03. The van der Waals surface area contributed by atoms with Gasteiger partial charge in [-0.2, -0.15) is 0 Å². The van der Waals surface area contributed by atoms with E-state index in [0.29, 0.717) is 38.2 Å².